The van der Waals surface area contributed by atoms with Crippen LogP contribution in [0.4, 0.5) is 11.4 Å². The van der Waals surface area contributed by atoms with Crippen LogP contribution in [0.25, 0.3) is 0 Å². The van der Waals surface area contributed by atoms with Crippen LogP contribution in [0.2, 0.25) is 5.02 Å². The van der Waals surface area contributed by atoms with Gasteiger partial charge in [-0.15, -0.1) is 0 Å². The average Bonchev–Trinajstić information content (AvgIpc) is 3.16. The summed E-state index contributed by atoms with van der Waals surface area (Å²) in [6.07, 6.45) is 1.95. The molecule has 3 aromatic rings. The Labute approximate surface area is 212 Å². The summed E-state index contributed by atoms with van der Waals surface area (Å²) in [5, 5.41) is 18.1. The van der Waals surface area contributed by atoms with Crippen LogP contribution in [0.3, 0.4) is 0 Å². The van der Waals surface area contributed by atoms with Gasteiger partial charge in [-0.25, -0.2) is 5.43 Å². The molecular weight excluding hydrogens is 575 g/mol. The van der Waals surface area contributed by atoms with E-state index in [4.69, 9.17) is 16.0 Å². The number of halogens is 2. The van der Waals surface area contributed by atoms with E-state index in [0.717, 1.165) is 16.1 Å². The molecule has 0 aliphatic heterocycles. The molecule has 0 spiro atoms. The predicted octanol–water partition coefficient (Wildman–Crippen LogP) is 5.48. The first kappa shape index (κ1) is 23.9. The molecule has 4 rings (SSSR count). The highest BCUT2D eigenvalue weighted by Crippen LogP contribution is 2.30. The highest BCUT2D eigenvalue weighted by Gasteiger charge is 2.28. The highest BCUT2D eigenvalue weighted by molar-refractivity contribution is 14.1. The largest absolute Gasteiger partial charge is 0.455 e. The second-order valence-corrected chi connectivity index (χ2v) is 9.24. The predicted molar refractivity (Wildman–Crippen MR) is 136 cm³/mol. The number of anilines is 1. The number of carbonyl (C=O) groups excluding carboxylic acids is 2. The first-order valence-corrected chi connectivity index (χ1v) is 11.7. The quantitative estimate of drug-likeness (QED) is 0.231. The minimum absolute atomic E-state index is 0.0537. The summed E-state index contributed by atoms with van der Waals surface area (Å²) in [6, 6.07) is 11.2. The zero-order valence-electron chi connectivity index (χ0n) is 17.9. The zero-order valence-corrected chi connectivity index (χ0v) is 20.8. The van der Waals surface area contributed by atoms with Gasteiger partial charge in [-0.05, 0) is 78.8 Å². The maximum absolute atomic E-state index is 12.8. The molecule has 1 aliphatic rings. The van der Waals surface area contributed by atoms with Gasteiger partial charge in [-0.3, -0.25) is 19.7 Å². The topological polar surface area (TPSA) is 127 Å². The Bertz CT molecular complexity index is 1330. The molecule has 1 aromatic heterocycles. The number of carbonyl (C=O) groups is 2. The molecule has 2 aromatic carbocycles. The van der Waals surface area contributed by atoms with Gasteiger partial charge in [0, 0.05) is 38.4 Å². The van der Waals surface area contributed by atoms with Crippen molar-refractivity contribution in [1.29, 1.82) is 0 Å². The molecular formula is C23H18ClIN4O5. The van der Waals surface area contributed by atoms with E-state index in [1.807, 2.05) is 12.1 Å². The smallest absolute Gasteiger partial charge is 0.291 e. The Morgan fingerprint density at radius 1 is 1.15 bits per heavy atom. The lowest BCUT2D eigenvalue weighted by molar-refractivity contribution is -0.384. The van der Waals surface area contributed by atoms with Crippen LogP contribution in [-0.4, -0.2) is 22.4 Å². The molecule has 0 atom stereocenters. The van der Waals surface area contributed by atoms with E-state index in [1.165, 1.54) is 12.1 Å². The second-order valence-electron chi connectivity index (χ2n) is 7.59. The molecule has 1 aliphatic carbocycles. The van der Waals surface area contributed by atoms with Crippen molar-refractivity contribution >= 4 is 63.1 Å². The fourth-order valence-corrected chi connectivity index (χ4v) is 4.24. The van der Waals surface area contributed by atoms with Gasteiger partial charge in [0.2, 0.25) is 0 Å². The van der Waals surface area contributed by atoms with E-state index in [1.54, 1.807) is 19.1 Å². The van der Waals surface area contributed by atoms with Gasteiger partial charge in [-0.1, -0.05) is 11.6 Å². The van der Waals surface area contributed by atoms with E-state index in [-0.39, 0.29) is 27.9 Å². The van der Waals surface area contributed by atoms with Crippen LogP contribution in [0.5, 0.6) is 0 Å². The van der Waals surface area contributed by atoms with Gasteiger partial charge in [0.15, 0.2) is 5.76 Å². The number of aryl methyl sites for hydroxylation is 1. The summed E-state index contributed by atoms with van der Waals surface area (Å²) in [7, 11) is 0. The van der Waals surface area contributed by atoms with Crippen LogP contribution in [0.15, 0.2) is 52.0 Å². The molecule has 0 unspecified atom stereocenters. The van der Waals surface area contributed by atoms with Crippen molar-refractivity contribution in [1.82, 2.24) is 5.43 Å². The number of nitrogens with one attached hydrogen (secondary N) is 2. The first-order valence-electron chi connectivity index (χ1n) is 10.2. The molecule has 11 heteroatoms. The fraction of sp³-hybridized carbons (Fsp3) is 0.174. The molecule has 174 valence electrons. The van der Waals surface area contributed by atoms with Crippen molar-refractivity contribution in [2.45, 2.75) is 26.2 Å². The summed E-state index contributed by atoms with van der Waals surface area (Å²) < 4.78 is 6.93. The number of nitro groups is 1. The van der Waals surface area contributed by atoms with Gasteiger partial charge in [0.05, 0.1) is 10.6 Å². The van der Waals surface area contributed by atoms with Gasteiger partial charge in [0.1, 0.15) is 10.8 Å². The molecule has 0 radical (unpaired) electrons. The Morgan fingerprint density at radius 3 is 2.59 bits per heavy atom. The van der Waals surface area contributed by atoms with Crippen LogP contribution in [0, 0.1) is 20.6 Å². The van der Waals surface area contributed by atoms with Gasteiger partial charge < -0.3 is 9.73 Å². The van der Waals surface area contributed by atoms with Gasteiger partial charge in [-0.2, -0.15) is 5.10 Å². The lowest BCUT2D eigenvalue weighted by atomic mass is 9.93. The maximum atomic E-state index is 12.8. The number of hydrazone groups is 1. The zero-order chi connectivity index (χ0) is 24.4. The summed E-state index contributed by atoms with van der Waals surface area (Å²) in [4.78, 5) is 35.8. The number of amides is 2. The molecule has 2 N–H and O–H groups in total. The van der Waals surface area contributed by atoms with Crippen LogP contribution in [0.1, 0.15) is 50.6 Å². The molecule has 9 nitrogen and oxygen atoms in total. The number of benzene rings is 2. The number of nitrogens with zero attached hydrogens (tertiary/aromatic N) is 2. The third-order valence-electron chi connectivity index (χ3n) is 5.33. The highest BCUT2D eigenvalue weighted by atomic mass is 127. The number of nitro benzene ring substituents is 1. The molecule has 0 fully saturated rings. The van der Waals surface area contributed by atoms with Crippen molar-refractivity contribution in [3.63, 3.8) is 0 Å². The summed E-state index contributed by atoms with van der Waals surface area (Å²) in [5.41, 5.74) is 4.69. The average molecular weight is 593 g/mol. The van der Waals surface area contributed by atoms with E-state index in [2.05, 4.69) is 38.4 Å². The van der Waals surface area contributed by atoms with Crippen molar-refractivity contribution in [3.05, 3.63) is 89.4 Å². The van der Waals surface area contributed by atoms with E-state index < -0.39 is 10.8 Å². The van der Waals surface area contributed by atoms with Gasteiger partial charge in [0.25, 0.3) is 17.5 Å². The van der Waals surface area contributed by atoms with Crippen molar-refractivity contribution in [2.75, 3.05) is 5.32 Å². The Hall–Kier alpha value is -3.25. The molecule has 0 bridgehead atoms. The summed E-state index contributed by atoms with van der Waals surface area (Å²) in [6.45, 7) is 1.77. The number of rotatable bonds is 5. The lowest BCUT2D eigenvalue weighted by Gasteiger charge is -2.13. The monoisotopic (exact) mass is 592 g/mol. The molecule has 0 saturated carbocycles. The second kappa shape index (κ2) is 9.94. The van der Waals surface area contributed by atoms with Crippen LogP contribution < -0.4 is 10.7 Å². The first-order chi connectivity index (χ1) is 16.2. The third kappa shape index (κ3) is 4.97. The lowest BCUT2D eigenvalue weighted by Crippen LogP contribution is -2.22. The molecule has 1 heterocycles. The Morgan fingerprint density at radius 2 is 1.88 bits per heavy atom. The van der Waals surface area contributed by atoms with Crippen molar-refractivity contribution in [2.24, 2.45) is 5.10 Å². The number of hydrogen-bond acceptors (Lipinski definition) is 6. The van der Waals surface area contributed by atoms with E-state index in [0.29, 0.717) is 41.1 Å². The SMILES string of the molecule is Cc1c(C(=O)Nc2ccc(I)cc2)oc2c1/C(=N/NC(=O)c1ccc(Cl)c([N+](=O)[O-])c1)CCC2. The number of furan rings is 1. The molecule has 2 amide bonds. The maximum Gasteiger partial charge on any atom is 0.291 e. The Kier molecular flexibility index (Phi) is 6.98. The van der Waals surface area contributed by atoms with Crippen LogP contribution in [-0.2, 0) is 6.42 Å². The van der Waals surface area contributed by atoms with Gasteiger partial charge >= 0.3 is 0 Å². The normalized spacial score (nSPS) is 13.9. The minimum atomic E-state index is -0.657. The van der Waals surface area contributed by atoms with Crippen LogP contribution >= 0.6 is 34.2 Å². The minimum Gasteiger partial charge on any atom is -0.455 e. The number of hydrogen-bond donors (Lipinski definition) is 2. The Balaban J connectivity index is 1.56. The summed E-state index contributed by atoms with van der Waals surface area (Å²) in [5.74, 6) is -0.161. The van der Waals surface area contributed by atoms with Crippen molar-refractivity contribution in [3.8, 4) is 0 Å². The van der Waals surface area contributed by atoms with E-state index in [9.17, 15) is 19.7 Å². The summed E-state index contributed by atoms with van der Waals surface area (Å²) >= 11 is 8.00. The standard InChI is InChI=1S/C23H18ClIN4O5/c1-12-20-17(27-28-22(30)13-5-10-16(24)18(11-13)29(32)33)3-2-4-19(20)34-21(12)23(31)26-15-8-6-14(25)7-9-15/h5-11H,2-4H2,1H3,(H,26,31)(H,28,30)/b27-17+. The molecule has 0 saturated heterocycles. The van der Waals surface area contributed by atoms with Crippen molar-refractivity contribution < 1.29 is 18.9 Å². The van der Waals surface area contributed by atoms with E-state index >= 15 is 0 Å². The fourth-order valence-electron chi connectivity index (χ4n) is 3.69. The third-order valence-corrected chi connectivity index (χ3v) is 6.37. The number of fused-ring (bicyclic) bond motifs is 1. The molecule has 34 heavy (non-hydrogen) atoms.